The Morgan fingerprint density at radius 3 is 2.75 bits per heavy atom. The maximum atomic E-state index is 10.5. The first-order valence-corrected chi connectivity index (χ1v) is 2.25. The van der Waals surface area contributed by atoms with Gasteiger partial charge in [-0.05, 0) is 6.08 Å². The van der Waals surface area contributed by atoms with Crippen molar-refractivity contribution in [1.29, 1.82) is 0 Å². The van der Waals surface area contributed by atoms with Crippen molar-refractivity contribution in [2.24, 2.45) is 4.99 Å². The maximum absolute atomic E-state index is 10.5. The van der Waals surface area contributed by atoms with Gasteiger partial charge in [0.2, 0.25) is 0 Å². The number of nitrogens with zero attached hydrogens (tertiary/aromatic N) is 1. The second-order valence-corrected chi connectivity index (χ2v) is 1.41. The van der Waals surface area contributed by atoms with E-state index >= 15 is 0 Å². The minimum atomic E-state index is -0.194. The van der Waals surface area contributed by atoms with Gasteiger partial charge in [-0.3, -0.25) is 4.79 Å². The van der Waals surface area contributed by atoms with Crippen molar-refractivity contribution in [1.82, 2.24) is 0 Å². The monoisotopic (exact) mass is 107 g/mol. The summed E-state index contributed by atoms with van der Waals surface area (Å²) in [5.41, 5.74) is 0.574. The van der Waals surface area contributed by atoms with Crippen LogP contribution in [0.15, 0.2) is 29.3 Å². The molecular formula is C6H5NO. The van der Waals surface area contributed by atoms with Crippen LogP contribution in [0.25, 0.3) is 0 Å². The molecule has 40 valence electrons. The van der Waals surface area contributed by atoms with Crippen molar-refractivity contribution in [3.8, 4) is 0 Å². The highest BCUT2D eigenvalue weighted by Crippen LogP contribution is 2.01. The summed E-state index contributed by atoms with van der Waals surface area (Å²) in [6.07, 6.45) is 4.60. The summed E-state index contributed by atoms with van der Waals surface area (Å²) in [5.74, 6) is -0.194. The van der Waals surface area contributed by atoms with Crippen LogP contribution >= 0.6 is 0 Å². The summed E-state index contributed by atoms with van der Waals surface area (Å²) >= 11 is 0. The van der Waals surface area contributed by atoms with Gasteiger partial charge in [0.1, 0.15) is 0 Å². The molecule has 0 atom stereocenters. The Morgan fingerprint density at radius 2 is 2.50 bits per heavy atom. The second kappa shape index (κ2) is 1.74. The van der Waals surface area contributed by atoms with Gasteiger partial charge in [0, 0.05) is 11.8 Å². The minimum absolute atomic E-state index is 0.194. The molecule has 2 nitrogen and oxygen atoms in total. The molecule has 0 bridgehead atoms. The van der Waals surface area contributed by atoms with E-state index in [0.29, 0.717) is 5.57 Å². The zero-order chi connectivity index (χ0) is 5.98. The van der Waals surface area contributed by atoms with Crippen molar-refractivity contribution in [2.45, 2.75) is 0 Å². The molecular weight excluding hydrogens is 102 g/mol. The lowest BCUT2D eigenvalue weighted by atomic mass is 10.3. The molecule has 0 aromatic heterocycles. The fourth-order valence-corrected chi connectivity index (χ4v) is 0.486. The highest BCUT2D eigenvalue weighted by atomic mass is 16.1. The van der Waals surface area contributed by atoms with Crippen molar-refractivity contribution in [2.75, 3.05) is 0 Å². The molecule has 0 saturated heterocycles. The standard InChI is InChI=1S/C6H5NO/c1-2-5-3-4-7-6(5)8/h2-4H,1H2. The van der Waals surface area contributed by atoms with E-state index in [-0.39, 0.29) is 5.91 Å². The van der Waals surface area contributed by atoms with Gasteiger partial charge in [-0.15, -0.1) is 0 Å². The molecule has 1 amide bonds. The molecule has 0 unspecified atom stereocenters. The van der Waals surface area contributed by atoms with Crippen LogP contribution in [-0.4, -0.2) is 12.1 Å². The molecule has 0 N–H and O–H groups in total. The number of allylic oxidation sites excluding steroid dienone is 1. The van der Waals surface area contributed by atoms with E-state index in [9.17, 15) is 4.79 Å². The summed E-state index contributed by atoms with van der Waals surface area (Å²) in [6.45, 7) is 3.42. The topological polar surface area (TPSA) is 29.4 Å². The van der Waals surface area contributed by atoms with Crippen molar-refractivity contribution in [3.63, 3.8) is 0 Å². The lowest BCUT2D eigenvalue weighted by Crippen LogP contribution is -1.87. The number of amides is 1. The Kier molecular flexibility index (Phi) is 1.08. The fourth-order valence-electron chi connectivity index (χ4n) is 0.486. The molecule has 8 heavy (non-hydrogen) atoms. The first-order valence-electron chi connectivity index (χ1n) is 2.25. The third-order valence-corrected chi connectivity index (χ3v) is 0.913. The number of rotatable bonds is 1. The van der Waals surface area contributed by atoms with E-state index in [2.05, 4.69) is 11.6 Å². The number of hydrogen-bond acceptors (Lipinski definition) is 1. The van der Waals surface area contributed by atoms with Gasteiger partial charge in [-0.2, -0.15) is 0 Å². The SMILES string of the molecule is C=CC1=CC=NC1=O. The Hall–Kier alpha value is -1.18. The zero-order valence-corrected chi connectivity index (χ0v) is 4.29. The molecule has 0 aromatic carbocycles. The Morgan fingerprint density at radius 1 is 1.75 bits per heavy atom. The summed E-state index contributed by atoms with van der Waals surface area (Å²) in [7, 11) is 0. The fraction of sp³-hybridized carbons (Fsp3) is 0. The highest BCUT2D eigenvalue weighted by molar-refractivity contribution is 6.09. The van der Waals surface area contributed by atoms with Crippen LogP contribution in [0.2, 0.25) is 0 Å². The molecule has 1 heterocycles. The average Bonchev–Trinajstić information content (AvgIpc) is 2.14. The molecule has 0 fully saturated rings. The first kappa shape index (κ1) is 4.97. The molecule has 0 saturated carbocycles. The minimum Gasteiger partial charge on any atom is -0.267 e. The van der Waals surface area contributed by atoms with E-state index in [4.69, 9.17) is 0 Å². The molecule has 1 aliphatic heterocycles. The van der Waals surface area contributed by atoms with Crippen molar-refractivity contribution in [3.05, 3.63) is 24.3 Å². The smallest absolute Gasteiger partial charge is 0.267 e. The lowest BCUT2D eigenvalue weighted by Gasteiger charge is -1.81. The summed E-state index contributed by atoms with van der Waals surface area (Å²) in [5, 5.41) is 0. The van der Waals surface area contributed by atoms with E-state index in [1.54, 1.807) is 6.08 Å². The molecule has 1 rings (SSSR count). The highest BCUT2D eigenvalue weighted by Gasteiger charge is 2.05. The summed E-state index contributed by atoms with van der Waals surface area (Å²) in [6, 6.07) is 0. The molecule has 0 radical (unpaired) electrons. The number of hydrogen-bond donors (Lipinski definition) is 0. The average molecular weight is 107 g/mol. The third kappa shape index (κ3) is 0.601. The van der Waals surface area contributed by atoms with Crippen LogP contribution < -0.4 is 0 Å². The van der Waals surface area contributed by atoms with Gasteiger partial charge in [0.15, 0.2) is 0 Å². The van der Waals surface area contributed by atoms with Crippen LogP contribution in [0.1, 0.15) is 0 Å². The van der Waals surface area contributed by atoms with E-state index in [1.807, 2.05) is 0 Å². The molecule has 0 spiro atoms. The Balaban J connectivity index is 2.88. The normalized spacial score (nSPS) is 16.5. The predicted molar refractivity (Wildman–Crippen MR) is 31.8 cm³/mol. The van der Waals surface area contributed by atoms with Crippen LogP contribution in [0, 0.1) is 0 Å². The van der Waals surface area contributed by atoms with Gasteiger partial charge in [-0.25, -0.2) is 4.99 Å². The van der Waals surface area contributed by atoms with Gasteiger partial charge < -0.3 is 0 Å². The Labute approximate surface area is 47.2 Å². The van der Waals surface area contributed by atoms with E-state index in [1.165, 1.54) is 12.3 Å². The van der Waals surface area contributed by atoms with Crippen molar-refractivity contribution >= 4 is 12.1 Å². The maximum Gasteiger partial charge on any atom is 0.276 e. The van der Waals surface area contributed by atoms with E-state index < -0.39 is 0 Å². The predicted octanol–water partition coefficient (Wildman–Crippen LogP) is 0.710. The lowest BCUT2D eigenvalue weighted by molar-refractivity contribution is -0.113. The van der Waals surface area contributed by atoms with Crippen LogP contribution in [0.5, 0.6) is 0 Å². The van der Waals surface area contributed by atoms with Crippen LogP contribution in [-0.2, 0) is 4.79 Å². The number of aliphatic imine (C=N–C) groups is 1. The first-order chi connectivity index (χ1) is 3.84. The largest absolute Gasteiger partial charge is 0.276 e. The summed E-state index contributed by atoms with van der Waals surface area (Å²) < 4.78 is 0. The van der Waals surface area contributed by atoms with Gasteiger partial charge in [0.05, 0.1) is 0 Å². The number of carbonyl (C=O) groups excluding carboxylic acids is 1. The molecule has 0 aromatic rings. The third-order valence-electron chi connectivity index (χ3n) is 0.913. The van der Waals surface area contributed by atoms with Gasteiger partial charge in [-0.1, -0.05) is 12.7 Å². The van der Waals surface area contributed by atoms with Crippen molar-refractivity contribution < 1.29 is 4.79 Å². The van der Waals surface area contributed by atoms with Crippen LogP contribution in [0.3, 0.4) is 0 Å². The molecule has 2 heteroatoms. The second-order valence-electron chi connectivity index (χ2n) is 1.41. The van der Waals surface area contributed by atoms with Gasteiger partial charge >= 0.3 is 0 Å². The Bertz CT molecular complexity index is 189. The van der Waals surface area contributed by atoms with Gasteiger partial charge in [0.25, 0.3) is 5.91 Å². The molecule has 1 aliphatic rings. The zero-order valence-electron chi connectivity index (χ0n) is 4.29. The van der Waals surface area contributed by atoms with E-state index in [0.717, 1.165) is 0 Å². The van der Waals surface area contributed by atoms with Crippen LogP contribution in [0.4, 0.5) is 0 Å². The summed E-state index contributed by atoms with van der Waals surface area (Å²) in [4.78, 5) is 13.9. The number of carbonyl (C=O) groups is 1. The molecule has 0 aliphatic carbocycles. The quantitative estimate of drug-likeness (QED) is 0.485.